The number of halogens is 3. The molecule has 2 heterocycles. The van der Waals surface area contributed by atoms with Crippen molar-refractivity contribution in [2.75, 3.05) is 13.2 Å². The van der Waals surface area contributed by atoms with Crippen molar-refractivity contribution in [2.24, 2.45) is 0 Å². The number of fused-ring (bicyclic) bond motifs is 1. The van der Waals surface area contributed by atoms with Crippen LogP contribution in [0.3, 0.4) is 0 Å². The number of aliphatic hydroxyl groups excluding tert-OH is 1. The zero-order valence-corrected chi connectivity index (χ0v) is 13.4. The van der Waals surface area contributed by atoms with Crippen LogP contribution in [0.1, 0.15) is 47.9 Å². The summed E-state index contributed by atoms with van der Waals surface area (Å²) in [5.41, 5.74) is 0.0836. The first-order valence-electron chi connectivity index (χ1n) is 7.85. The van der Waals surface area contributed by atoms with Crippen LogP contribution in [0.4, 0.5) is 13.2 Å². The van der Waals surface area contributed by atoms with Gasteiger partial charge in [0, 0.05) is 19.3 Å². The first-order valence-corrected chi connectivity index (χ1v) is 7.85. The number of imidazole rings is 1. The van der Waals surface area contributed by atoms with Crippen LogP contribution in [-0.2, 0) is 12.6 Å². The lowest BCUT2D eigenvalue weighted by Gasteiger charge is -2.09. The molecular weight excluding hydrogens is 323 g/mol. The summed E-state index contributed by atoms with van der Waals surface area (Å²) in [5.74, 6) is -0.442. The Bertz CT molecular complexity index is 710. The molecule has 0 fully saturated rings. The van der Waals surface area contributed by atoms with E-state index in [0.29, 0.717) is 37.1 Å². The number of nitrogens with one attached hydrogen (secondary N) is 1. The highest BCUT2D eigenvalue weighted by atomic mass is 19.4. The van der Waals surface area contributed by atoms with Gasteiger partial charge in [0.2, 0.25) is 0 Å². The predicted molar refractivity (Wildman–Crippen MR) is 82.8 cm³/mol. The maximum Gasteiger partial charge on any atom is 0.417 e. The average Bonchev–Trinajstić information content (AvgIpc) is 2.91. The number of aromatic nitrogens is 2. The fourth-order valence-electron chi connectivity index (χ4n) is 2.45. The van der Waals surface area contributed by atoms with Crippen LogP contribution in [0.25, 0.3) is 5.65 Å². The van der Waals surface area contributed by atoms with Crippen molar-refractivity contribution in [3.63, 3.8) is 0 Å². The van der Waals surface area contributed by atoms with E-state index >= 15 is 0 Å². The number of amides is 1. The molecule has 0 aliphatic carbocycles. The highest BCUT2D eigenvalue weighted by Crippen LogP contribution is 2.29. The average molecular weight is 343 g/mol. The number of hydrogen-bond acceptors (Lipinski definition) is 3. The second kappa shape index (κ2) is 7.65. The molecule has 5 nitrogen and oxygen atoms in total. The molecule has 0 unspecified atom stereocenters. The van der Waals surface area contributed by atoms with Gasteiger partial charge in [0.05, 0.1) is 11.3 Å². The van der Waals surface area contributed by atoms with Gasteiger partial charge in [0.25, 0.3) is 5.91 Å². The highest BCUT2D eigenvalue weighted by Gasteiger charge is 2.31. The maximum absolute atomic E-state index is 12.9. The van der Waals surface area contributed by atoms with E-state index in [4.69, 9.17) is 5.11 Å². The molecule has 0 atom stereocenters. The molecule has 0 radical (unpaired) electrons. The number of alkyl halides is 3. The minimum absolute atomic E-state index is 0.0986. The summed E-state index contributed by atoms with van der Waals surface area (Å²) in [6, 6.07) is 2.22. The van der Waals surface area contributed by atoms with Gasteiger partial charge in [-0.2, -0.15) is 13.2 Å². The van der Waals surface area contributed by atoms with E-state index in [0.717, 1.165) is 18.7 Å². The van der Waals surface area contributed by atoms with Crippen molar-refractivity contribution >= 4 is 11.6 Å². The standard InChI is InChI=1S/C16H20F3N3O2/c1-2-12-14(15(24)20-8-4-3-5-9-23)22-10-11(16(17,18)19)6-7-13(22)21-12/h6-7,10,23H,2-5,8-9H2,1H3,(H,20,24). The van der Waals surface area contributed by atoms with Crippen LogP contribution >= 0.6 is 0 Å². The largest absolute Gasteiger partial charge is 0.417 e. The molecule has 132 valence electrons. The summed E-state index contributed by atoms with van der Waals surface area (Å²) < 4.78 is 39.9. The minimum atomic E-state index is -4.48. The summed E-state index contributed by atoms with van der Waals surface area (Å²) in [4.78, 5) is 16.6. The predicted octanol–water partition coefficient (Wildman–Crippen LogP) is 2.81. The number of aliphatic hydroxyl groups is 1. The number of unbranched alkanes of at least 4 members (excludes halogenated alkanes) is 2. The van der Waals surface area contributed by atoms with Crippen LogP contribution in [0, 0.1) is 0 Å². The lowest BCUT2D eigenvalue weighted by molar-refractivity contribution is -0.137. The van der Waals surface area contributed by atoms with E-state index in [1.165, 1.54) is 10.5 Å². The molecule has 24 heavy (non-hydrogen) atoms. The van der Waals surface area contributed by atoms with Crippen molar-refractivity contribution in [1.29, 1.82) is 0 Å². The van der Waals surface area contributed by atoms with Gasteiger partial charge in [-0.15, -0.1) is 0 Å². The van der Waals surface area contributed by atoms with Gasteiger partial charge < -0.3 is 10.4 Å². The Morgan fingerprint density at radius 2 is 2.04 bits per heavy atom. The van der Waals surface area contributed by atoms with E-state index < -0.39 is 17.6 Å². The Morgan fingerprint density at radius 3 is 2.67 bits per heavy atom. The van der Waals surface area contributed by atoms with Gasteiger partial charge in [-0.05, 0) is 37.8 Å². The molecular formula is C16H20F3N3O2. The lowest BCUT2D eigenvalue weighted by atomic mass is 10.2. The number of aryl methyl sites for hydroxylation is 1. The number of nitrogens with zero attached hydrogens (tertiary/aromatic N) is 2. The topological polar surface area (TPSA) is 66.6 Å². The van der Waals surface area contributed by atoms with E-state index in [-0.39, 0.29) is 12.3 Å². The number of carbonyl (C=O) groups is 1. The highest BCUT2D eigenvalue weighted by molar-refractivity contribution is 5.94. The third kappa shape index (κ3) is 4.05. The Labute approximate surface area is 137 Å². The minimum Gasteiger partial charge on any atom is -0.396 e. The quantitative estimate of drug-likeness (QED) is 0.760. The van der Waals surface area contributed by atoms with Crippen LogP contribution < -0.4 is 5.32 Å². The normalized spacial score (nSPS) is 11.9. The Morgan fingerprint density at radius 1 is 1.29 bits per heavy atom. The molecule has 0 aliphatic rings. The first-order chi connectivity index (χ1) is 11.4. The molecule has 2 aromatic heterocycles. The van der Waals surface area contributed by atoms with Gasteiger partial charge in [-0.25, -0.2) is 4.98 Å². The van der Waals surface area contributed by atoms with Crippen LogP contribution in [0.15, 0.2) is 18.3 Å². The van der Waals surface area contributed by atoms with E-state index in [1.807, 2.05) is 0 Å². The molecule has 0 saturated carbocycles. The fourth-order valence-corrected chi connectivity index (χ4v) is 2.45. The van der Waals surface area contributed by atoms with Crippen molar-refractivity contribution < 1.29 is 23.1 Å². The molecule has 2 aromatic rings. The van der Waals surface area contributed by atoms with Gasteiger partial charge in [-0.3, -0.25) is 9.20 Å². The second-order valence-corrected chi connectivity index (χ2v) is 5.44. The number of pyridine rings is 1. The third-order valence-corrected chi connectivity index (χ3v) is 3.69. The van der Waals surface area contributed by atoms with Crippen molar-refractivity contribution in [3.05, 3.63) is 35.3 Å². The van der Waals surface area contributed by atoms with E-state index in [9.17, 15) is 18.0 Å². The zero-order chi connectivity index (χ0) is 17.7. The summed E-state index contributed by atoms with van der Waals surface area (Å²) in [5, 5.41) is 11.4. The molecule has 2 rings (SSSR count). The van der Waals surface area contributed by atoms with Crippen molar-refractivity contribution in [1.82, 2.24) is 14.7 Å². The zero-order valence-electron chi connectivity index (χ0n) is 13.4. The smallest absolute Gasteiger partial charge is 0.396 e. The third-order valence-electron chi connectivity index (χ3n) is 3.69. The molecule has 0 aliphatic heterocycles. The number of hydrogen-bond donors (Lipinski definition) is 2. The SMILES string of the molecule is CCc1nc2ccc(C(F)(F)F)cn2c1C(=O)NCCCCCO. The first kappa shape index (κ1) is 18.3. The summed E-state index contributed by atoms with van der Waals surface area (Å²) in [7, 11) is 0. The number of rotatable bonds is 7. The molecule has 0 saturated heterocycles. The maximum atomic E-state index is 12.9. The van der Waals surface area contributed by atoms with Crippen LogP contribution in [0.5, 0.6) is 0 Å². The Kier molecular flexibility index (Phi) is 5.82. The molecule has 1 amide bonds. The fraction of sp³-hybridized carbons (Fsp3) is 0.500. The van der Waals surface area contributed by atoms with E-state index in [2.05, 4.69) is 10.3 Å². The van der Waals surface area contributed by atoms with Crippen molar-refractivity contribution in [2.45, 2.75) is 38.8 Å². The summed E-state index contributed by atoms with van der Waals surface area (Å²) in [6.45, 7) is 2.29. The van der Waals surface area contributed by atoms with E-state index in [1.54, 1.807) is 6.92 Å². The molecule has 2 N–H and O–H groups in total. The molecule has 0 spiro atoms. The Balaban J connectivity index is 2.27. The molecule has 0 aromatic carbocycles. The van der Waals surface area contributed by atoms with Gasteiger partial charge in [0.1, 0.15) is 11.3 Å². The monoisotopic (exact) mass is 343 g/mol. The van der Waals surface area contributed by atoms with Gasteiger partial charge in [-0.1, -0.05) is 6.92 Å². The summed E-state index contributed by atoms with van der Waals surface area (Å²) in [6.07, 6.45) is -1.02. The number of carbonyl (C=O) groups excluding carboxylic acids is 1. The molecule has 8 heteroatoms. The van der Waals surface area contributed by atoms with Gasteiger partial charge >= 0.3 is 6.18 Å². The molecule has 0 bridgehead atoms. The second-order valence-electron chi connectivity index (χ2n) is 5.44. The Hall–Kier alpha value is -2.09. The van der Waals surface area contributed by atoms with Crippen molar-refractivity contribution in [3.8, 4) is 0 Å². The van der Waals surface area contributed by atoms with Gasteiger partial charge in [0.15, 0.2) is 0 Å². The van der Waals surface area contributed by atoms with Crippen LogP contribution in [0.2, 0.25) is 0 Å². The van der Waals surface area contributed by atoms with Crippen LogP contribution in [-0.4, -0.2) is 33.6 Å². The lowest BCUT2D eigenvalue weighted by Crippen LogP contribution is -2.27. The summed E-state index contributed by atoms with van der Waals surface area (Å²) >= 11 is 0.